The van der Waals surface area contributed by atoms with E-state index >= 15 is 0 Å². The number of nitrogens with one attached hydrogen (secondary N) is 1. The minimum Gasteiger partial charge on any atom is -0.495 e. The van der Waals surface area contributed by atoms with Crippen LogP contribution in [-0.4, -0.2) is 38.3 Å². The molecule has 1 N–H and O–H groups in total. The largest absolute Gasteiger partial charge is 0.495 e. The fourth-order valence-electron chi connectivity index (χ4n) is 2.37. The van der Waals surface area contributed by atoms with Crippen LogP contribution in [0.15, 0.2) is 42.5 Å². The van der Waals surface area contributed by atoms with Gasteiger partial charge in [0.2, 0.25) is 0 Å². The number of benzene rings is 2. The van der Waals surface area contributed by atoms with Crippen molar-refractivity contribution in [3.63, 3.8) is 0 Å². The van der Waals surface area contributed by atoms with Crippen molar-refractivity contribution in [2.45, 2.75) is 26.4 Å². The molecule has 2 aromatic rings. The summed E-state index contributed by atoms with van der Waals surface area (Å²) < 4.78 is 21.2. The molecule has 0 saturated carbocycles. The van der Waals surface area contributed by atoms with E-state index in [4.69, 9.17) is 30.5 Å². The molecular weight excluding hydrogens is 398 g/mol. The zero-order valence-electron chi connectivity index (χ0n) is 16.6. The summed E-state index contributed by atoms with van der Waals surface area (Å²) in [7, 11) is 1.48. The van der Waals surface area contributed by atoms with Gasteiger partial charge in [-0.25, -0.2) is 0 Å². The maximum atomic E-state index is 12.3. The van der Waals surface area contributed by atoms with Crippen molar-refractivity contribution in [1.82, 2.24) is 0 Å². The van der Waals surface area contributed by atoms with Crippen LogP contribution in [0.4, 0.5) is 5.69 Å². The van der Waals surface area contributed by atoms with E-state index in [1.54, 1.807) is 42.5 Å². The van der Waals surface area contributed by atoms with Crippen LogP contribution in [0.3, 0.4) is 0 Å². The van der Waals surface area contributed by atoms with E-state index in [1.165, 1.54) is 14.0 Å². The van der Waals surface area contributed by atoms with Crippen LogP contribution in [0, 0.1) is 0 Å². The SMILES string of the molecule is CCOc1ccc(OCCC(=O)O[C@H](C)C(=O)Nc2cc(Cl)ccc2OC)cc1. The van der Waals surface area contributed by atoms with Crippen LogP contribution < -0.4 is 19.5 Å². The van der Waals surface area contributed by atoms with Gasteiger partial charge in [-0.15, -0.1) is 0 Å². The lowest BCUT2D eigenvalue weighted by molar-refractivity contribution is -0.153. The summed E-state index contributed by atoms with van der Waals surface area (Å²) in [5, 5.41) is 3.08. The van der Waals surface area contributed by atoms with Crippen molar-refractivity contribution in [2.24, 2.45) is 0 Å². The molecule has 0 aliphatic carbocycles. The molecule has 1 amide bonds. The topological polar surface area (TPSA) is 83.1 Å². The van der Waals surface area contributed by atoms with Gasteiger partial charge in [-0.05, 0) is 56.3 Å². The van der Waals surface area contributed by atoms with Gasteiger partial charge in [-0.1, -0.05) is 11.6 Å². The number of ether oxygens (including phenoxy) is 4. The Balaban J connectivity index is 1.78. The summed E-state index contributed by atoms with van der Waals surface area (Å²) in [4.78, 5) is 24.2. The third kappa shape index (κ3) is 7.19. The van der Waals surface area contributed by atoms with Gasteiger partial charge < -0.3 is 24.3 Å². The second-order valence-electron chi connectivity index (χ2n) is 5.97. The van der Waals surface area contributed by atoms with Gasteiger partial charge in [0.15, 0.2) is 6.10 Å². The van der Waals surface area contributed by atoms with Gasteiger partial charge in [-0.2, -0.15) is 0 Å². The van der Waals surface area contributed by atoms with Gasteiger partial charge in [0.1, 0.15) is 17.2 Å². The van der Waals surface area contributed by atoms with Crippen molar-refractivity contribution in [1.29, 1.82) is 0 Å². The Morgan fingerprint density at radius 1 is 1.07 bits per heavy atom. The number of carbonyl (C=O) groups is 2. The Morgan fingerprint density at radius 2 is 1.72 bits per heavy atom. The summed E-state index contributed by atoms with van der Waals surface area (Å²) >= 11 is 5.94. The first-order chi connectivity index (χ1) is 13.9. The van der Waals surface area contributed by atoms with Crippen LogP contribution in [0.5, 0.6) is 17.2 Å². The van der Waals surface area contributed by atoms with Crippen molar-refractivity contribution in [3.8, 4) is 17.2 Å². The average molecular weight is 422 g/mol. The zero-order chi connectivity index (χ0) is 21.2. The Kier molecular flexibility index (Phi) is 8.61. The lowest BCUT2D eigenvalue weighted by Gasteiger charge is -2.15. The minimum atomic E-state index is -0.989. The molecule has 0 heterocycles. The number of esters is 1. The molecule has 0 saturated heterocycles. The molecule has 7 nitrogen and oxygen atoms in total. The van der Waals surface area contributed by atoms with Crippen LogP contribution in [-0.2, 0) is 14.3 Å². The van der Waals surface area contributed by atoms with Crippen LogP contribution in [0.25, 0.3) is 0 Å². The fourth-order valence-corrected chi connectivity index (χ4v) is 2.54. The Morgan fingerprint density at radius 3 is 2.34 bits per heavy atom. The molecule has 0 bridgehead atoms. The first-order valence-electron chi connectivity index (χ1n) is 9.12. The minimum absolute atomic E-state index is 0.00528. The van der Waals surface area contributed by atoms with Crippen LogP contribution >= 0.6 is 11.6 Å². The Hall–Kier alpha value is -2.93. The number of carbonyl (C=O) groups excluding carboxylic acids is 2. The van der Waals surface area contributed by atoms with E-state index in [1.807, 2.05) is 6.92 Å². The van der Waals surface area contributed by atoms with E-state index < -0.39 is 18.0 Å². The molecule has 0 unspecified atom stereocenters. The molecule has 0 aromatic heterocycles. The van der Waals surface area contributed by atoms with E-state index in [-0.39, 0.29) is 13.0 Å². The quantitative estimate of drug-likeness (QED) is 0.582. The lowest BCUT2D eigenvalue weighted by Crippen LogP contribution is -2.30. The number of methoxy groups -OCH3 is 1. The van der Waals surface area contributed by atoms with Gasteiger partial charge in [0.25, 0.3) is 5.91 Å². The molecule has 156 valence electrons. The predicted octanol–water partition coefficient (Wildman–Crippen LogP) is 4.09. The van der Waals surface area contributed by atoms with E-state index in [2.05, 4.69) is 5.32 Å². The standard InChI is InChI=1S/C21H24ClNO6/c1-4-27-16-6-8-17(9-7-16)28-12-11-20(24)29-14(2)21(25)23-18-13-15(22)5-10-19(18)26-3/h5-10,13-14H,4,11-12H2,1-3H3,(H,23,25)/t14-/m1/s1. The van der Waals surface area contributed by atoms with E-state index in [9.17, 15) is 9.59 Å². The zero-order valence-corrected chi connectivity index (χ0v) is 17.3. The van der Waals surface area contributed by atoms with Crippen molar-refractivity contribution >= 4 is 29.2 Å². The summed E-state index contributed by atoms with van der Waals surface area (Å²) in [6.45, 7) is 4.10. The van der Waals surface area contributed by atoms with E-state index in [0.29, 0.717) is 28.8 Å². The highest BCUT2D eigenvalue weighted by molar-refractivity contribution is 6.31. The molecule has 2 aromatic carbocycles. The number of anilines is 1. The number of hydrogen-bond acceptors (Lipinski definition) is 6. The Labute approximate surface area is 174 Å². The molecule has 0 aliphatic rings. The summed E-state index contributed by atoms with van der Waals surface area (Å²) in [5.74, 6) is 0.767. The molecule has 8 heteroatoms. The monoisotopic (exact) mass is 421 g/mol. The molecule has 0 fully saturated rings. The van der Waals surface area contributed by atoms with Crippen molar-refractivity contribution in [3.05, 3.63) is 47.5 Å². The first kappa shape index (κ1) is 22.4. The number of amides is 1. The van der Waals surface area contributed by atoms with Gasteiger partial charge in [0, 0.05) is 5.02 Å². The number of halogens is 1. The van der Waals surface area contributed by atoms with Crippen molar-refractivity contribution in [2.75, 3.05) is 25.6 Å². The van der Waals surface area contributed by atoms with E-state index in [0.717, 1.165) is 5.75 Å². The first-order valence-corrected chi connectivity index (χ1v) is 9.50. The smallest absolute Gasteiger partial charge is 0.310 e. The maximum Gasteiger partial charge on any atom is 0.310 e. The predicted molar refractivity (Wildman–Crippen MR) is 110 cm³/mol. The lowest BCUT2D eigenvalue weighted by atomic mass is 10.2. The van der Waals surface area contributed by atoms with Crippen LogP contribution in [0.2, 0.25) is 5.02 Å². The van der Waals surface area contributed by atoms with Crippen LogP contribution in [0.1, 0.15) is 20.3 Å². The molecule has 0 radical (unpaired) electrons. The highest BCUT2D eigenvalue weighted by atomic mass is 35.5. The van der Waals surface area contributed by atoms with Gasteiger partial charge >= 0.3 is 5.97 Å². The third-order valence-electron chi connectivity index (χ3n) is 3.81. The number of rotatable bonds is 10. The average Bonchev–Trinajstić information content (AvgIpc) is 2.69. The highest BCUT2D eigenvalue weighted by Gasteiger charge is 2.19. The fraction of sp³-hybridized carbons (Fsp3) is 0.333. The second kappa shape index (κ2) is 11.2. The second-order valence-corrected chi connectivity index (χ2v) is 6.41. The molecule has 0 aliphatic heterocycles. The molecule has 0 spiro atoms. The number of hydrogen-bond donors (Lipinski definition) is 1. The Bertz CT molecular complexity index is 824. The maximum absolute atomic E-state index is 12.3. The molecule has 29 heavy (non-hydrogen) atoms. The van der Waals surface area contributed by atoms with Gasteiger partial charge in [-0.3, -0.25) is 9.59 Å². The summed E-state index contributed by atoms with van der Waals surface area (Å²) in [6.07, 6.45) is -0.984. The third-order valence-corrected chi connectivity index (χ3v) is 4.04. The summed E-state index contributed by atoms with van der Waals surface area (Å²) in [5.41, 5.74) is 0.395. The van der Waals surface area contributed by atoms with Crippen molar-refractivity contribution < 1.29 is 28.5 Å². The highest BCUT2D eigenvalue weighted by Crippen LogP contribution is 2.27. The van der Waals surface area contributed by atoms with Gasteiger partial charge in [0.05, 0.1) is 32.4 Å². The molecular formula is C21H24ClNO6. The molecule has 1 atom stereocenters. The summed E-state index contributed by atoms with van der Waals surface area (Å²) in [6, 6.07) is 11.9. The molecule has 2 rings (SSSR count). The normalized spacial score (nSPS) is 11.3.